The summed E-state index contributed by atoms with van der Waals surface area (Å²) in [6, 6.07) is 9.76. The molecule has 4 heterocycles. The summed E-state index contributed by atoms with van der Waals surface area (Å²) in [5.74, 6) is 1.44. The number of fused-ring (bicyclic) bond motifs is 2. The predicted molar refractivity (Wildman–Crippen MR) is 112 cm³/mol. The van der Waals surface area contributed by atoms with Crippen LogP contribution in [0.1, 0.15) is 36.1 Å². The largest absolute Gasteiger partial charge is 0.494 e. The zero-order valence-corrected chi connectivity index (χ0v) is 16.9. The quantitative estimate of drug-likeness (QED) is 0.554. The van der Waals surface area contributed by atoms with Crippen LogP contribution >= 0.6 is 11.3 Å². The monoisotopic (exact) mass is 405 g/mol. The molecule has 1 atom stereocenters. The van der Waals surface area contributed by atoms with Gasteiger partial charge < -0.3 is 10.1 Å². The van der Waals surface area contributed by atoms with Crippen molar-refractivity contribution in [1.29, 1.82) is 0 Å². The van der Waals surface area contributed by atoms with E-state index in [1.807, 2.05) is 44.2 Å². The molecule has 146 valence electrons. The van der Waals surface area contributed by atoms with E-state index in [1.54, 1.807) is 17.1 Å². The second kappa shape index (κ2) is 6.97. The number of amides is 1. The van der Waals surface area contributed by atoms with Gasteiger partial charge in [-0.25, -0.2) is 4.98 Å². The zero-order valence-electron chi connectivity index (χ0n) is 16.0. The van der Waals surface area contributed by atoms with Crippen LogP contribution in [0.4, 0.5) is 5.82 Å². The number of thiazole rings is 1. The van der Waals surface area contributed by atoms with Gasteiger partial charge in [0.15, 0.2) is 0 Å². The predicted octanol–water partition coefficient (Wildman–Crippen LogP) is 4.06. The molecule has 4 aromatic rings. The van der Waals surface area contributed by atoms with Gasteiger partial charge in [-0.05, 0) is 49.7 Å². The molecule has 29 heavy (non-hydrogen) atoms. The van der Waals surface area contributed by atoms with Crippen LogP contribution in [0.2, 0.25) is 0 Å². The third-order valence-corrected chi connectivity index (χ3v) is 6.05. The summed E-state index contributed by atoms with van der Waals surface area (Å²) in [5, 5.41) is 8.46. The van der Waals surface area contributed by atoms with Crippen LogP contribution in [0, 0.1) is 6.92 Å². The van der Waals surface area contributed by atoms with Crippen molar-refractivity contribution < 1.29 is 9.53 Å². The highest BCUT2D eigenvalue weighted by Gasteiger charge is 2.33. The lowest BCUT2D eigenvalue weighted by Gasteiger charge is -2.23. The number of nitrogens with one attached hydrogen (secondary N) is 1. The molecule has 5 rings (SSSR count). The average molecular weight is 405 g/mol. The highest BCUT2D eigenvalue weighted by atomic mass is 32.1. The molecule has 0 saturated heterocycles. The van der Waals surface area contributed by atoms with E-state index in [1.165, 1.54) is 11.3 Å². The van der Waals surface area contributed by atoms with Crippen LogP contribution in [-0.2, 0) is 4.79 Å². The standard InChI is InChI=1S/C21H19N5O2S/c1-3-28-14-4-5-16-17(10-14)29-21(23-16)26-20-19(12(2)25-26)15(11-18(27)24-20)13-6-8-22-9-7-13/h4-10,15H,3,11H2,1-2H3,(H,24,27)/t15-/m1/s1. The summed E-state index contributed by atoms with van der Waals surface area (Å²) >= 11 is 1.52. The third-order valence-electron chi connectivity index (χ3n) is 5.05. The number of anilines is 1. The Balaban J connectivity index is 1.63. The first kappa shape index (κ1) is 17.8. The van der Waals surface area contributed by atoms with E-state index in [0.29, 0.717) is 24.0 Å². The average Bonchev–Trinajstić information content (AvgIpc) is 3.29. The summed E-state index contributed by atoms with van der Waals surface area (Å²) in [6.07, 6.45) is 3.90. The van der Waals surface area contributed by atoms with Gasteiger partial charge >= 0.3 is 0 Å². The number of ether oxygens (including phenoxy) is 1. The normalized spacial score (nSPS) is 15.9. The number of rotatable bonds is 4. The highest BCUT2D eigenvalue weighted by Crippen LogP contribution is 2.41. The Labute approximate surface area is 171 Å². The van der Waals surface area contributed by atoms with E-state index in [9.17, 15) is 4.79 Å². The third kappa shape index (κ3) is 3.05. The van der Waals surface area contributed by atoms with Crippen molar-refractivity contribution in [2.75, 3.05) is 11.9 Å². The lowest BCUT2D eigenvalue weighted by Crippen LogP contribution is -2.24. The number of hydrogen-bond acceptors (Lipinski definition) is 6. The number of pyridine rings is 1. The Hall–Kier alpha value is -3.26. The highest BCUT2D eigenvalue weighted by molar-refractivity contribution is 7.20. The number of carbonyl (C=O) groups is 1. The van der Waals surface area contributed by atoms with E-state index in [4.69, 9.17) is 14.8 Å². The number of carbonyl (C=O) groups excluding carboxylic acids is 1. The topological polar surface area (TPSA) is 81.9 Å². The molecule has 0 unspecified atom stereocenters. The molecule has 0 spiro atoms. The fourth-order valence-corrected chi connectivity index (χ4v) is 4.76. The van der Waals surface area contributed by atoms with Crippen LogP contribution in [0.15, 0.2) is 42.7 Å². The van der Waals surface area contributed by atoms with Crippen molar-refractivity contribution in [2.24, 2.45) is 0 Å². The molecule has 0 aliphatic carbocycles. The minimum atomic E-state index is -0.0468. The summed E-state index contributed by atoms with van der Waals surface area (Å²) in [6.45, 7) is 4.55. The first-order valence-corrected chi connectivity index (χ1v) is 10.3. The lowest BCUT2D eigenvalue weighted by atomic mass is 9.86. The van der Waals surface area contributed by atoms with Crippen molar-refractivity contribution in [2.45, 2.75) is 26.2 Å². The second-order valence-corrected chi connectivity index (χ2v) is 7.91. The molecule has 1 aromatic carbocycles. The first-order valence-electron chi connectivity index (χ1n) is 9.47. The van der Waals surface area contributed by atoms with Gasteiger partial charge in [0, 0.05) is 30.3 Å². The molecular weight excluding hydrogens is 386 g/mol. The van der Waals surface area contributed by atoms with Crippen molar-refractivity contribution >= 4 is 33.3 Å². The van der Waals surface area contributed by atoms with Gasteiger partial charge in [-0.2, -0.15) is 9.78 Å². The van der Waals surface area contributed by atoms with Crippen molar-refractivity contribution in [1.82, 2.24) is 19.7 Å². The summed E-state index contributed by atoms with van der Waals surface area (Å²) < 4.78 is 8.36. The Morgan fingerprint density at radius 3 is 2.90 bits per heavy atom. The molecular formula is C21H19N5O2S. The molecule has 1 aliphatic heterocycles. The molecule has 8 heteroatoms. The second-order valence-electron chi connectivity index (χ2n) is 6.90. The van der Waals surface area contributed by atoms with Crippen LogP contribution in [0.3, 0.4) is 0 Å². The molecule has 7 nitrogen and oxygen atoms in total. The number of aryl methyl sites for hydroxylation is 1. The maximum atomic E-state index is 12.5. The molecule has 1 amide bonds. The van der Waals surface area contributed by atoms with Crippen molar-refractivity contribution in [3.63, 3.8) is 0 Å². The Morgan fingerprint density at radius 1 is 1.28 bits per heavy atom. The van der Waals surface area contributed by atoms with Crippen molar-refractivity contribution in [3.05, 3.63) is 59.5 Å². The molecule has 0 saturated carbocycles. The molecule has 0 radical (unpaired) electrons. The summed E-state index contributed by atoms with van der Waals surface area (Å²) in [7, 11) is 0. The zero-order chi connectivity index (χ0) is 20.0. The van der Waals surface area contributed by atoms with E-state index in [-0.39, 0.29) is 11.8 Å². The summed E-state index contributed by atoms with van der Waals surface area (Å²) in [4.78, 5) is 21.3. The molecule has 0 bridgehead atoms. The van der Waals surface area contributed by atoms with Crippen LogP contribution in [-0.4, -0.2) is 32.3 Å². The van der Waals surface area contributed by atoms with Gasteiger partial charge in [-0.1, -0.05) is 11.3 Å². The van der Waals surface area contributed by atoms with E-state index in [0.717, 1.165) is 32.8 Å². The Bertz CT molecular complexity index is 1210. The molecule has 1 aliphatic rings. The maximum absolute atomic E-state index is 12.5. The smallest absolute Gasteiger partial charge is 0.226 e. The number of benzene rings is 1. The fraction of sp³-hybridized carbons (Fsp3) is 0.238. The number of aromatic nitrogens is 4. The Kier molecular flexibility index (Phi) is 4.28. The molecule has 0 fully saturated rings. The maximum Gasteiger partial charge on any atom is 0.226 e. The summed E-state index contributed by atoms with van der Waals surface area (Å²) in [5.41, 5.74) is 3.86. The minimum Gasteiger partial charge on any atom is -0.494 e. The van der Waals surface area contributed by atoms with Crippen LogP contribution in [0.5, 0.6) is 5.75 Å². The molecule has 3 aromatic heterocycles. The van der Waals surface area contributed by atoms with Crippen LogP contribution < -0.4 is 10.1 Å². The SMILES string of the molecule is CCOc1ccc2nc(-n3nc(C)c4c3NC(=O)C[C@@H]4c3ccncc3)sc2c1. The lowest BCUT2D eigenvalue weighted by molar-refractivity contribution is -0.116. The Morgan fingerprint density at radius 2 is 2.10 bits per heavy atom. The van der Waals surface area contributed by atoms with Gasteiger partial charge in [0.25, 0.3) is 0 Å². The van der Waals surface area contributed by atoms with Gasteiger partial charge in [0.1, 0.15) is 11.6 Å². The van der Waals surface area contributed by atoms with E-state index >= 15 is 0 Å². The van der Waals surface area contributed by atoms with Crippen molar-refractivity contribution in [3.8, 4) is 10.9 Å². The van der Waals surface area contributed by atoms with Gasteiger partial charge in [0.05, 0.1) is 22.5 Å². The van der Waals surface area contributed by atoms with Gasteiger partial charge in [0.2, 0.25) is 11.0 Å². The number of hydrogen-bond donors (Lipinski definition) is 1. The minimum absolute atomic E-state index is 0.0276. The van der Waals surface area contributed by atoms with Gasteiger partial charge in [-0.15, -0.1) is 0 Å². The van der Waals surface area contributed by atoms with E-state index < -0.39 is 0 Å². The van der Waals surface area contributed by atoms with E-state index in [2.05, 4.69) is 10.3 Å². The van der Waals surface area contributed by atoms with Gasteiger partial charge in [-0.3, -0.25) is 9.78 Å². The fourth-order valence-electron chi connectivity index (χ4n) is 3.81. The number of nitrogens with zero attached hydrogens (tertiary/aromatic N) is 4. The first-order chi connectivity index (χ1) is 14.1. The molecule has 1 N–H and O–H groups in total. The van der Waals surface area contributed by atoms with Crippen LogP contribution in [0.25, 0.3) is 15.3 Å².